The molecule has 1 aliphatic rings. The van der Waals surface area contributed by atoms with E-state index in [0.717, 1.165) is 27.5 Å². The van der Waals surface area contributed by atoms with Gasteiger partial charge in [-0.2, -0.15) is 13.2 Å². The third-order valence-corrected chi connectivity index (χ3v) is 6.61. The Hall–Kier alpha value is -4.62. The first-order valence-electron chi connectivity index (χ1n) is 12.2. The molecule has 212 valence electrons. The third kappa shape index (κ3) is 6.50. The predicted octanol–water partition coefficient (Wildman–Crippen LogP) is 4.07. The number of aromatic nitrogens is 2. The molecule has 0 saturated carbocycles. The zero-order valence-corrected chi connectivity index (χ0v) is 20.9. The maximum absolute atomic E-state index is 13.4. The molecule has 1 atom stereocenters. The summed E-state index contributed by atoms with van der Waals surface area (Å²) in [6.07, 6.45) is -1.49. The molecule has 1 saturated heterocycles. The van der Waals surface area contributed by atoms with Crippen LogP contribution in [0.1, 0.15) is 30.0 Å². The lowest BCUT2D eigenvalue weighted by Crippen LogP contribution is -2.52. The Morgan fingerprint density at radius 3 is 2.48 bits per heavy atom. The van der Waals surface area contributed by atoms with Gasteiger partial charge in [0.25, 0.3) is 0 Å². The Morgan fingerprint density at radius 2 is 1.82 bits per heavy atom. The number of carbonyl (C=O) groups excluding carboxylic acids is 2. The van der Waals surface area contributed by atoms with Crippen molar-refractivity contribution in [2.24, 2.45) is 5.73 Å². The van der Waals surface area contributed by atoms with E-state index in [1.54, 1.807) is 11.0 Å². The van der Waals surface area contributed by atoms with Crippen molar-refractivity contribution in [3.05, 3.63) is 65.7 Å². The number of rotatable bonds is 5. The molecule has 10 nitrogen and oxygen atoms in total. The maximum atomic E-state index is 13.4. The number of nitrogens with zero attached hydrogens (tertiary/aromatic N) is 2. The van der Waals surface area contributed by atoms with Crippen LogP contribution in [0, 0.1) is 5.82 Å². The first kappa shape index (κ1) is 28.4. The van der Waals surface area contributed by atoms with Crippen molar-refractivity contribution in [1.82, 2.24) is 20.4 Å². The Balaban J connectivity index is 0.000000470. The Kier molecular flexibility index (Phi) is 8.26. The minimum atomic E-state index is -5.08. The number of nitrogens with one attached hydrogen (secondary N) is 2. The van der Waals surface area contributed by atoms with Gasteiger partial charge in [0, 0.05) is 54.0 Å². The van der Waals surface area contributed by atoms with Gasteiger partial charge < -0.3 is 30.6 Å². The van der Waals surface area contributed by atoms with E-state index in [1.165, 1.54) is 12.1 Å². The number of fused-ring (bicyclic) bond motifs is 2. The van der Waals surface area contributed by atoms with Crippen LogP contribution in [0.5, 0.6) is 0 Å². The number of hydrogen-bond donors (Lipinski definition) is 4. The van der Waals surface area contributed by atoms with E-state index in [4.69, 9.17) is 20.2 Å². The lowest BCUT2D eigenvalue weighted by atomic mass is 9.91. The van der Waals surface area contributed by atoms with Gasteiger partial charge in [0.05, 0.1) is 5.69 Å². The van der Waals surface area contributed by atoms with Gasteiger partial charge in [0.2, 0.25) is 5.91 Å². The second-order valence-electron chi connectivity index (χ2n) is 9.24. The van der Waals surface area contributed by atoms with Crippen LogP contribution in [0.4, 0.5) is 22.4 Å². The molecule has 0 aliphatic carbocycles. The number of likely N-dealkylation sites (tertiary alicyclic amines) is 1. The van der Waals surface area contributed by atoms with Gasteiger partial charge in [-0.15, -0.1) is 0 Å². The molecule has 40 heavy (non-hydrogen) atoms. The van der Waals surface area contributed by atoms with E-state index in [0.29, 0.717) is 37.9 Å². The normalized spacial score (nSPS) is 14.9. The van der Waals surface area contributed by atoms with Crippen LogP contribution in [-0.4, -0.2) is 63.4 Å². The van der Waals surface area contributed by atoms with Crippen molar-refractivity contribution in [3.8, 4) is 0 Å². The smallest absolute Gasteiger partial charge is 0.475 e. The van der Waals surface area contributed by atoms with Crippen LogP contribution in [-0.2, 0) is 16.0 Å². The number of primary amides is 1. The van der Waals surface area contributed by atoms with Gasteiger partial charge in [-0.3, -0.25) is 4.79 Å². The highest BCUT2D eigenvalue weighted by Crippen LogP contribution is 2.33. The molecule has 1 aliphatic heterocycles. The van der Waals surface area contributed by atoms with Gasteiger partial charge >= 0.3 is 18.2 Å². The predicted molar refractivity (Wildman–Crippen MR) is 135 cm³/mol. The number of benzene rings is 2. The fourth-order valence-electron chi connectivity index (χ4n) is 4.71. The molecular formula is C26H25F4N5O5. The molecule has 0 unspecified atom stereocenters. The standard InChI is InChI=1S/C24H24FN5O3.C2HF3O2/c25-16-5-6-18-21(12-16)33-29-22(18)14-7-9-30(10-8-14)23(31)20(28-24(26)32)11-15-13-27-19-4-2-1-3-17(15)19;3-2(4,5)1(6)7/h1-6,12-14,20,27H,7-11H2,(H3,26,28,32);(H,6,7)/t20-;/m0./s1. The lowest BCUT2D eigenvalue weighted by Gasteiger charge is -2.33. The van der Waals surface area contributed by atoms with Gasteiger partial charge in [-0.05, 0) is 36.6 Å². The molecule has 5 rings (SSSR count). The number of carbonyl (C=O) groups is 3. The number of para-hydroxylation sites is 1. The van der Waals surface area contributed by atoms with Gasteiger partial charge in [-0.1, -0.05) is 23.4 Å². The number of urea groups is 1. The molecule has 0 bridgehead atoms. The number of nitrogens with two attached hydrogens (primary N) is 1. The molecule has 2 aromatic carbocycles. The van der Waals surface area contributed by atoms with Crippen LogP contribution in [0.15, 0.2) is 53.2 Å². The Bertz CT molecular complexity index is 1520. The molecule has 0 spiro atoms. The molecule has 2 aromatic heterocycles. The number of H-pyrrole nitrogens is 1. The number of piperidine rings is 1. The number of carboxylic acids is 1. The first-order chi connectivity index (χ1) is 18.9. The van der Waals surface area contributed by atoms with Gasteiger partial charge in [0.15, 0.2) is 5.58 Å². The third-order valence-electron chi connectivity index (χ3n) is 6.61. The molecule has 14 heteroatoms. The summed E-state index contributed by atoms with van der Waals surface area (Å²) in [5.74, 6) is -3.18. The summed E-state index contributed by atoms with van der Waals surface area (Å²) in [4.78, 5) is 38.8. The van der Waals surface area contributed by atoms with Crippen LogP contribution in [0.25, 0.3) is 21.9 Å². The average Bonchev–Trinajstić information content (AvgIpc) is 3.51. The van der Waals surface area contributed by atoms with Crippen LogP contribution < -0.4 is 11.1 Å². The molecule has 0 radical (unpaired) electrons. The van der Waals surface area contributed by atoms with Crippen molar-refractivity contribution in [3.63, 3.8) is 0 Å². The topological polar surface area (TPSA) is 155 Å². The summed E-state index contributed by atoms with van der Waals surface area (Å²) < 4.78 is 50.5. The van der Waals surface area contributed by atoms with E-state index >= 15 is 0 Å². The van der Waals surface area contributed by atoms with Crippen LogP contribution in [0.3, 0.4) is 0 Å². The van der Waals surface area contributed by atoms with Crippen molar-refractivity contribution in [2.75, 3.05) is 13.1 Å². The fourth-order valence-corrected chi connectivity index (χ4v) is 4.71. The van der Waals surface area contributed by atoms with Crippen molar-refractivity contribution < 1.29 is 41.6 Å². The number of amides is 3. The van der Waals surface area contributed by atoms with Crippen molar-refractivity contribution in [2.45, 2.75) is 37.4 Å². The zero-order valence-electron chi connectivity index (χ0n) is 20.9. The number of hydrogen-bond acceptors (Lipinski definition) is 5. The fraction of sp³-hybridized carbons (Fsp3) is 0.308. The maximum Gasteiger partial charge on any atom is 0.490 e. The van der Waals surface area contributed by atoms with Gasteiger partial charge in [-0.25, -0.2) is 14.0 Å². The van der Waals surface area contributed by atoms with Crippen molar-refractivity contribution in [1.29, 1.82) is 0 Å². The van der Waals surface area contributed by atoms with Crippen LogP contribution >= 0.6 is 0 Å². The number of halogens is 4. The quantitative estimate of drug-likeness (QED) is 0.269. The second-order valence-corrected chi connectivity index (χ2v) is 9.24. The van der Waals surface area contributed by atoms with Crippen LogP contribution in [0.2, 0.25) is 0 Å². The average molecular weight is 564 g/mol. The monoisotopic (exact) mass is 563 g/mol. The molecule has 5 N–H and O–H groups in total. The lowest BCUT2D eigenvalue weighted by molar-refractivity contribution is -0.192. The molecular weight excluding hydrogens is 538 g/mol. The second kappa shape index (κ2) is 11.6. The summed E-state index contributed by atoms with van der Waals surface area (Å²) in [7, 11) is 0. The minimum absolute atomic E-state index is 0.108. The summed E-state index contributed by atoms with van der Waals surface area (Å²) >= 11 is 0. The van der Waals surface area contributed by atoms with E-state index < -0.39 is 24.2 Å². The Labute approximate surface area is 224 Å². The highest BCUT2D eigenvalue weighted by atomic mass is 19.4. The SMILES string of the molecule is NC(=O)N[C@@H](Cc1c[nH]c2ccccc12)C(=O)N1CCC(c2noc3cc(F)ccc23)CC1.O=C(O)C(F)(F)F. The molecule has 3 amide bonds. The highest BCUT2D eigenvalue weighted by molar-refractivity contribution is 5.89. The molecule has 3 heterocycles. The van der Waals surface area contributed by atoms with E-state index in [9.17, 15) is 27.2 Å². The van der Waals surface area contributed by atoms with Crippen molar-refractivity contribution >= 4 is 39.8 Å². The van der Waals surface area contributed by atoms with E-state index in [1.807, 2.05) is 30.5 Å². The molecule has 4 aromatic rings. The van der Waals surface area contributed by atoms with Gasteiger partial charge in [0.1, 0.15) is 11.9 Å². The number of aliphatic carboxylic acids is 1. The van der Waals surface area contributed by atoms with E-state index in [2.05, 4.69) is 15.5 Å². The minimum Gasteiger partial charge on any atom is -0.475 e. The number of alkyl halides is 3. The summed E-state index contributed by atoms with van der Waals surface area (Å²) in [6, 6.07) is 10.7. The highest BCUT2D eigenvalue weighted by Gasteiger charge is 2.38. The number of carboxylic acid groups (broad SMARTS) is 1. The summed E-state index contributed by atoms with van der Waals surface area (Å²) in [5, 5.41) is 15.7. The largest absolute Gasteiger partial charge is 0.490 e. The first-order valence-corrected chi connectivity index (χ1v) is 12.2. The molecule has 1 fully saturated rings. The Morgan fingerprint density at radius 1 is 1.15 bits per heavy atom. The number of aromatic amines is 1. The zero-order chi connectivity index (χ0) is 29.0. The van der Waals surface area contributed by atoms with E-state index in [-0.39, 0.29) is 17.6 Å². The summed E-state index contributed by atoms with van der Waals surface area (Å²) in [5.41, 5.74) is 8.51. The summed E-state index contributed by atoms with van der Waals surface area (Å²) in [6.45, 7) is 1.04.